The van der Waals surface area contributed by atoms with Crippen LogP contribution in [0.4, 0.5) is 10.5 Å². The third kappa shape index (κ3) is 5.42. The molecule has 35 heavy (non-hydrogen) atoms. The van der Waals surface area contributed by atoms with Gasteiger partial charge in [-0.25, -0.2) is 9.69 Å². The number of imide groups is 2. The third-order valence-electron chi connectivity index (χ3n) is 4.91. The van der Waals surface area contributed by atoms with Crippen LogP contribution in [0.2, 0.25) is 25.1 Å². The average Bonchev–Trinajstić information content (AvgIpc) is 2.78. The highest BCUT2D eigenvalue weighted by molar-refractivity contribution is 6.42. The molecule has 0 unspecified atom stereocenters. The molecule has 1 heterocycles. The van der Waals surface area contributed by atoms with Crippen LogP contribution < -0.4 is 15.0 Å². The molecular formula is C24H13Cl5N2O4. The van der Waals surface area contributed by atoms with Crippen molar-refractivity contribution in [2.24, 2.45) is 0 Å². The molecular weight excluding hydrogens is 558 g/mol. The largest absolute Gasteiger partial charge is 0.486 e. The van der Waals surface area contributed by atoms with Gasteiger partial charge in [0.25, 0.3) is 11.8 Å². The summed E-state index contributed by atoms with van der Waals surface area (Å²) in [5.41, 5.74) is 0.834. The minimum absolute atomic E-state index is 0.0751. The molecule has 0 saturated carbocycles. The van der Waals surface area contributed by atoms with Crippen LogP contribution in [0.5, 0.6) is 5.75 Å². The number of hydrogen-bond acceptors (Lipinski definition) is 4. The van der Waals surface area contributed by atoms with Crippen molar-refractivity contribution < 1.29 is 19.1 Å². The molecule has 6 nitrogen and oxygen atoms in total. The molecule has 0 aromatic heterocycles. The Hall–Kier alpha value is -2.74. The SMILES string of the molecule is O=C1NC(=O)N(c2ccccc2Cl)C(=O)/C1=C/c1cc(Cl)c(OCc2ccc(Cl)cc2Cl)c(Cl)c1. The number of para-hydroxylation sites is 1. The molecule has 0 spiro atoms. The molecule has 0 atom stereocenters. The zero-order valence-corrected chi connectivity index (χ0v) is 21.2. The first-order chi connectivity index (χ1) is 16.7. The summed E-state index contributed by atoms with van der Waals surface area (Å²) in [4.78, 5) is 38.6. The summed E-state index contributed by atoms with van der Waals surface area (Å²) in [5, 5.41) is 3.48. The van der Waals surface area contributed by atoms with E-state index in [0.29, 0.717) is 21.2 Å². The van der Waals surface area contributed by atoms with E-state index >= 15 is 0 Å². The molecule has 1 N–H and O–H groups in total. The van der Waals surface area contributed by atoms with Crippen LogP contribution in [0.15, 0.2) is 60.2 Å². The van der Waals surface area contributed by atoms with Crippen LogP contribution in [0.25, 0.3) is 6.08 Å². The van der Waals surface area contributed by atoms with E-state index in [0.717, 1.165) is 4.90 Å². The number of ether oxygens (including phenoxy) is 1. The lowest BCUT2D eigenvalue weighted by molar-refractivity contribution is -0.122. The molecule has 0 aliphatic carbocycles. The van der Waals surface area contributed by atoms with Crippen LogP contribution in [-0.2, 0) is 16.2 Å². The smallest absolute Gasteiger partial charge is 0.335 e. The van der Waals surface area contributed by atoms with Gasteiger partial charge in [-0.3, -0.25) is 14.9 Å². The topological polar surface area (TPSA) is 75.7 Å². The van der Waals surface area contributed by atoms with Crippen molar-refractivity contribution in [1.82, 2.24) is 5.32 Å². The van der Waals surface area contributed by atoms with Crippen molar-refractivity contribution in [2.45, 2.75) is 6.61 Å². The molecule has 1 aliphatic heterocycles. The second-order valence-electron chi connectivity index (χ2n) is 7.25. The lowest BCUT2D eigenvalue weighted by Crippen LogP contribution is -2.54. The molecule has 0 radical (unpaired) electrons. The minimum Gasteiger partial charge on any atom is -0.486 e. The van der Waals surface area contributed by atoms with Crippen molar-refractivity contribution >= 4 is 87.6 Å². The Labute approximate surface area is 224 Å². The normalized spacial score (nSPS) is 14.9. The lowest BCUT2D eigenvalue weighted by Gasteiger charge is -2.27. The van der Waals surface area contributed by atoms with E-state index in [2.05, 4.69) is 5.32 Å². The highest BCUT2D eigenvalue weighted by Crippen LogP contribution is 2.36. The van der Waals surface area contributed by atoms with E-state index in [1.54, 1.807) is 30.3 Å². The maximum Gasteiger partial charge on any atom is 0.335 e. The van der Waals surface area contributed by atoms with Gasteiger partial charge in [0.15, 0.2) is 5.75 Å². The Morgan fingerprint density at radius 3 is 2.17 bits per heavy atom. The number of hydrogen-bond donors (Lipinski definition) is 1. The predicted octanol–water partition coefficient (Wildman–Crippen LogP) is 7.20. The van der Waals surface area contributed by atoms with Gasteiger partial charge >= 0.3 is 6.03 Å². The first-order valence-corrected chi connectivity index (χ1v) is 11.8. The highest BCUT2D eigenvalue weighted by Gasteiger charge is 2.37. The van der Waals surface area contributed by atoms with Crippen molar-refractivity contribution in [2.75, 3.05) is 4.90 Å². The number of carbonyl (C=O) groups excluding carboxylic acids is 3. The van der Waals surface area contributed by atoms with E-state index in [-0.39, 0.29) is 38.7 Å². The Morgan fingerprint density at radius 2 is 1.51 bits per heavy atom. The second kappa shape index (κ2) is 10.5. The minimum atomic E-state index is -0.911. The number of nitrogens with one attached hydrogen (secondary N) is 1. The number of rotatable bonds is 5. The van der Waals surface area contributed by atoms with Gasteiger partial charge in [0.1, 0.15) is 12.2 Å². The van der Waals surface area contributed by atoms with Crippen molar-refractivity contribution in [1.29, 1.82) is 0 Å². The van der Waals surface area contributed by atoms with Gasteiger partial charge in [0.05, 0.1) is 20.8 Å². The molecule has 1 saturated heterocycles. The molecule has 3 aromatic rings. The van der Waals surface area contributed by atoms with Crippen molar-refractivity contribution in [3.8, 4) is 5.75 Å². The van der Waals surface area contributed by atoms with Gasteiger partial charge < -0.3 is 4.74 Å². The number of carbonyl (C=O) groups is 3. The van der Waals surface area contributed by atoms with E-state index in [9.17, 15) is 14.4 Å². The Bertz CT molecular complexity index is 1380. The zero-order valence-electron chi connectivity index (χ0n) is 17.5. The number of amides is 4. The number of barbiturate groups is 1. The summed E-state index contributed by atoms with van der Waals surface area (Å²) in [7, 11) is 0. The van der Waals surface area contributed by atoms with Crippen LogP contribution in [0, 0.1) is 0 Å². The second-order valence-corrected chi connectivity index (χ2v) is 9.31. The van der Waals surface area contributed by atoms with E-state index < -0.39 is 17.8 Å². The Kier molecular flexibility index (Phi) is 7.59. The fraction of sp³-hybridized carbons (Fsp3) is 0.0417. The van der Waals surface area contributed by atoms with Gasteiger partial charge in [-0.2, -0.15) is 0 Å². The van der Waals surface area contributed by atoms with Crippen molar-refractivity contribution in [3.63, 3.8) is 0 Å². The standard InChI is InChI=1S/C24H13Cl5N2O4/c25-14-6-5-13(17(27)10-14)11-35-21-18(28)8-12(9-19(21)29)7-15-22(32)30-24(34)31(23(15)33)20-4-2-1-3-16(20)26/h1-10H,11H2,(H,30,32,34)/b15-7+. The van der Waals surface area contributed by atoms with Crippen LogP contribution >= 0.6 is 58.0 Å². The maximum atomic E-state index is 13.1. The van der Waals surface area contributed by atoms with Gasteiger partial charge in [0, 0.05) is 15.6 Å². The molecule has 3 aromatic carbocycles. The fourth-order valence-electron chi connectivity index (χ4n) is 3.27. The van der Waals surface area contributed by atoms with Gasteiger partial charge in [-0.05, 0) is 48.0 Å². The van der Waals surface area contributed by atoms with Gasteiger partial charge in [-0.15, -0.1) is 0 Å². The third-order valence-corrected chi connectivity index (χ3v) is 6.38. The van der Waals surface area contributed by atoms with Gasteiger partial charge in [-0.1, -0.05) is 76.2 Å². The van der Waals surface area contributed by atoms with Crippen molar-refractivity contribution in [3.05, 3.63) is 96.4 Å². The van der Waals surface area contributed by atoms with E-state index in [1.165, 1.54) is 30.3 Å². The molecule has 4 amide bonds. The fourth-order valence-corrected chi connectivity index (χ4v) is 4.56. The summed E-state index contributed by atoms with van der Waals surface area (Å²) in [6.07, 6.45) is 1.27. The highest BCUT2D eigenvalue weighted by atomic mass is 35.5. The Morgan fingerprint density at radius 1 is 0.829 bits per heavy atom. The van der Waals surface area contributed by atoms with Crippen LogP contribution in [-0.4, -0.2) is 17.8 Å². The summed E-state index contributed by atoms with van der Waals surface area (Å²) in [5.74, 6) is -1.53. The molecule has 0 bridgehead atoms. The monoisotopic (exact) mass is 568 g/mol. The predicted molar refractivity (Wildman–Crippen MR) is 138 cm³/mol. The van der Waals surface area contributed by atoms with Crippen LogP contribution in [0.3, 0.4) is 0 Å². The summed E-state index contributed by atoms with van der Waals surface area (Å²) in [6.45, 7) is 0.0751. The van der Waals surface area contributed by atoms with Gasteiger partial charge in [0.2, 0.25) is 0 Å². The summed E-state index contributed by atoms with van der Waals surface area (Å²) >= 11 is 30.9. The molecule has 178 valence electrons. The van der Waals surface area contributed by atoms with E-state index in [4.69, 9.17) is 62.7 Å². The summed E-state index contributed by atoms with van der Waals surface area (Å²) in [6, 6.07) is 13.3. The van der Waals surface area contributed by atoms with Crippen LogP contribution in [0.1, 0.15) is 11.1 Å². The number of urea groups is 1. The quantitative estimate of drug-likeness (QED) is 0.260. The van der Waals surface area contributed by atoms with E-state index in [1.807, 2.05) is 0 Å². The zero-order chi connectivity index (χ0) is 25.3. The number of halogens is 5. The maximum absolute atomic E-state index is 13.1. The molecule has 4 rings (SSSR count). The summed E-state index contributed by atoms with van der Waals surface area (Å²) < 4.78 is 5.74. The molecule has 11 heteroatoms. The molecule has 1 aliphatic rings. The Balaban J connectivity index is 1.62. The average molecular weight is 571 g/mol. The first kappa shape index (κ1) is 25.4. The number of benzene rings is 3. The molecule has 1 fully saturated rings. The number of anilines is 1. The first-order valence-electron chi connectivity index (χ1n) is 9.87. The lowest BCUT2D eigenvalue weighted by atomic mass is 10.1. The number of nitrogens with zero attached hydrogens (tertiary/aromatic N) is 1.